The first kappa shape index (κ1) is 13.0. The van der Waals surface area contributed by atoms with Crippen molar-refractivity contribution in [3.05, 3.63) is 46.8 Å². The van der Waals surface area contributed by atoms with Crippen LogP contribution in [0.5, 0.6) is 0 Å². The van der Waals surface area contributed by atoms with Crippen LogP contribution in [0, 0.1) is 5.82 Å². The Bertz CT molecular complexity index is 501. The van der Waals surface area contributed by atoms with Gasteiger partial charge in [0.15, 0.2) is 0 Å². The lowest BCUT2D eigenvalue weighted by Crippen LogP contribution is -2.22. The fourth-order valence-electron chi connectivity index (χ4n) is 1.72. The van der Waals surface area contributed by atoms with E-state index in [1.807, 2.05) is 6.92 Å². The molecule has 0 amide bonds. The summed E-state index contributed by atoms with van der Waals surface area (Å²) in [5, 5.41) is 10.3. The lowest BCUT2D eigenvalue weighted by molar-refractivity contribution is 0.567. The molecule has 18 heavy (non-hydrogen) atoms. The molecule has 0 aliphatic rings. The van der Waals surface area contributed by atoms with E-state index in [1.165, 1.54) is 18.5 Å². The highest BCUT2D eigenvalue weighted by Gasteiger charge is 2.09. The summed E-state index contributed by atoms with van der Waals surface area (Å²) < 4.78 is 12.9. The van der Waals surface area contributed by atoms with E-state index < -0.39 is 0 Å². The summed E-state index contributed by atoms with van der Waals surface area (Å²) in [6.45, 7) is 2.73. The zero-order chi connectivity index (χ0) is 13.0. The van der Waals surface area contributed by atoms with Crippen LogP contribution >= 0.6 is 11.6 Å². The number of benzene rings is 1. The van der Waals surface area contributed by atoms with Gasteiger partial charge in [0.25, 0.3) is 0 Å². The Kier molecular flexibility index (Phi) is 4.28. The van der Waals surface area contributed by atoms with E-state index in [9.17, 15) is 4.39 Å². The predicted molar refractivity (Wildman–Crippen MR) is 67.9 cm³/mol. The Morgan fingerprint density at radius 1 is 1.50 bits per heavy atom. The molecule has 1 aromatic heterocycles. The van der Waals surface area contributed by atoms with Gasteiger partial charge in [0.2, 0.25) is 0 Å². The number of aromatic amines is 1. The SMILES string of the molecule is CC(NCCc1ncn[nH]1)c1ccc(F)cc1Cl. The highest BCUT2D eigenvalue weighted by Crippen LogP contribution is 2.23. The van der Waals surface area contributed by atoms with Crippen LogP contribution in [0.3, 0.4) is 0 Å². The highest BCUT2D eigenvalue weighted by molar-refractivity contribution is 6.31. The van der Waals surface area contributed by atoms with E-state index in [-0.39, 0.29) is 11.9 Å². The van der Waals surface area contributed by atoms with Crippen molar-refractivity contribution in [2.45, 2.75) is 19.4 Å². The fourth-order valence-corrected chi connectivity index (χ4v) is 2.05. The second kappa shape index (κ2) is 5.93. The maximum Gasteiger partial charge on any atom is 0.137 e. The molecule has 2 rings (SSSR count). The summed E-state index contributed by atoms with van der Waals surface area (Å²) >= 11 is 5.99. The van der Waals surface area contributed by atoms with Crippen LogP contribution < -0.4 is 5.32 Å². The molecule has 6 heteroatoms. The molecule has 2 aromatic rings. The number of nitrogens with zero attached hydrogens (tertiary/aromatic N) is 2. The van der Waals surface area contributed by atoms with Gasteiger partial charge in [-0.05, 0) is 24.6 Å². The van der Waals surface area contributed by atoms with Crippen molar-refractivity contribution in [1.29, 1.82) is 0 Å². The Morgan fingerprint density at radius 3 is 3.00 bits per heavy atom. The molecule has 1 aromatic carbocycles. The molecule has 1 atom stereocenters. The normalized spacial score (nSPS) is 12.6. The van der Waals surface area contributed by atoms with E-state index in [2.05, 4.69) is 20.5 Å². The van der Waals surface area contributed by atoms with E-state index in [0.29, 0.717) is 5.02 Å². The number of hydrogen-bond acceptors (Lipinski definition) is 3. The zero-order valence-corrected chi connectivity index (χ0v) is 10.7. The molecule has 0 aliphatic carbocycles. The van der Waals surface area contributed by atoms with E-state index >= 15 is 0 Å². The van der Waals surface area contributed by atoms with Crippen molar-refractivity contribution in [2.24, 2.45) is 0 Å². The van der Waals surface area contributed by atoms with Gasteiger partial charge in [0, 0.05) is 24.0 Å². The van der Waals surface area contributed by atoms with Crippen LogP contribution in [0.2, 0.25) is 5.02 Å². The maximum atomic E-state index is 12.9. The Hall–Kier alpha value is -1.46. The minimum Gasteiger partial charge on any atom is -0.310 e. The largest absolute Gasteiger partial charge is 0.310 e. The molecule has 4 nitrogen and oxygen atoms in total. The zero-order valence-electron chi connectivity index (χ0n) is 9.95. The van der Waals surface area contributed by atoms with Crippen molar-refractivity contribution in [3.8, 4) is 0 Å². The lowest BCUT2D eigenvalue weighted by atomic mass is 10.1. The average molecular weight is 269 g/mol. The third-order valence-corrected chi connectivity index (χ3v) is 3.03. The maximum absolute atomic E-state index is 12.9. The van der Waals surface area contributed by atoms with Gasteiger partial charge in [0.05, 0.1) is 0 Å². The number of H-pyrrole nitrogens is 1. The standard InChI is InChI=1S/C12H14ClFN4/c1-8(10-3-2-9(14)6-11(10)13)15-5-4-12-16-7-17-18-12/h2-3,6-8,15H,4-5H2,1H3,(H,16,17,18). The minimum atomic E-state index is -0.322. The van der Waals surface area contributed by atoms with Crippen molar-refractivity contribution < 1.29 is 4.39 Å². The lowest BCUT2D eigenvalue weighted by Gasteiger charge is -2.15. The summed E-state index contributed by atoms with van der Waals surface area (Å²) in [7, 11) is 0. The number of aromatic nitrogens is 3. The summed E-state index contributed by atoms with van der Waals surface area (Å²) in [5.74, 6) is 0.512. The van der Waals surface area contributed by atoms with Gasteiger partial charge < -0.3 is 5.32 Å². The Morgan fingerprint density at radius 2 is 2.33 bits per heavy atom. The van der Waals surface area contributed by atoms with Crippen LogP contribution in [-0.4, -0.2) is 21.7 Å². The molecule has 2 N–H and O–H groups in total. The smallest absolute Gasteiger partial charge is 0.137 e. The second-order valence-corrected chi connectivity index (χ2v) is 4.43. The molecule has 0 fully saturated rings. The first-order valence-corrected chi connectivity index (χ1v) is 6.07. The summed E-state index contributed by atoms with van der Waals surface area (Å²) in [4.78, 5) is 4.03. The second-order valence-electron chi connectivity index (χ2n) is 4.02. The monoisotopic (exact) mass is 268 g/mol. The van der Waals surface area contributed by atoms with Crippen molar-refractivity contribution in [3.63, 3.8) is 0 Å². The molecular weight excluding hydrogens is 255 g/mol. The molecule has 1 unspecified atom stereocenters. The van der Waals surface area contributed by atoms with Gasteiger partial charge in [-0.3, -0.25) is 5.10 Å². The Balaban J connectivity index is 1.89. The molecule has 0 saturated carbocycles. The first-order valence-electron chi connectivity index (χ1n) is 5.69. The van der Waals surface area contributed by atoms with E-state index in [0.717, 1.165) is 24.4 Å². The molecule has 0 saturated heterocycles. The van der Waals surface area contributed by atoms with E-state index in [4.69, 9.17) is 11.6 Å². The quantitative estimate of drug-likeness (QED) is 0.876. The summed E-state index contributed by atoms with van der Waals surface area (Å²) in [6.07, 6.45) is 2.23. The highest BCUT2D eigenvalue weighted by atomic mass is 35.5. The fraction of sp³-hybridized carbons (Fsp3) is 0.333. The third-order valence-electron chi connectivity index (χ3n) is 2.71. The molecule has 0 aliphatic heterocycles. The molecule has 0 spiro atoms. The molecular formula is C12H14ClFN4. The van der Waals surface area contributed by atoms with Crippen LogP contribution in [0.1, 0.15) is 24.4 Å². The van der Waals surface area contributed by atoms with Gasteiger partial charge in [-0.2, -0.15) is 5.10 Å². The minimum absolute atomic E-state index is 0.0565. The summed E-state index contributed by atoms with van der Waals surface area (Å²) in [5.41, 5.74) is 0.885. The topological polar surface area (TPSA) is 53.6 Å². The predicted octanol–water partition coefficient (Wildman–Crippen LogP) is 2.49. The van der Waals surface area contributed by atoms with Crippen molar-refractivity contribution >= 4 is 11.6 Å². The number of hydrogen-bond donors (Lipinski definition) is 2. The first-order chi connectivity index (χ1) is 8.66. The number of halogens is 2. The third kappa shape index (κ3) is 3.27. The molecule has 0 radical (unpaired) electrons. The van der Waals surface area contributed by atoms with Crippen LogP contribution in [0.4, 0.5) is 4.39 Å². The van der Waals surface area contributed by atoms with Gasteiger partial charge in [-0.1, -0.05) is 17.7 Å². The van der Waals surface area contributed by atoms with Gasteiger partial charge in [0.1, 0.15) is 18.0 Å². The van der Waals surface area contributed by atoms with Gasteiger partial charge >= 0.3 is 0 Å². The van der Waals surface area contributed by atoms with Gasteiger partial charge in [-0.25, -0.2) is 9.37 Å². The van der Waals surface area contributed by atoms with Gasteiger partial charge in [-0.15, -0.1) is 0 Å². The van der Waals surface area contributed by atoms with Crippen molar-refractivity contribution in [1.82, 2.24) is 20.5 Å². The van der Waals surface area contributed by atoms with Crippen molar-refractivity contribution in [2.75, 3.05) is 6.54 Å². The van der Waals surface area contributed by atoms with Crippen LogP contribution in [-0.2, 0) is 6.42 Å². The number of rotatable bonds is 5. The van der Waals surface area contributed by atoms with Crippen LogP contribution in [0.15, 0.2) is 24.5 Å². The molecule has 1 heterocycles. The molecule has 96 valence electrons. The molecule has 0 bridgehead atoms. The van der Waals surface area contributed by atoms with Crippen LogP contribution in [0.25, 0.3) is 0 Å². The van der Waals surface area contributed by atoms with E-state index in [1.54, 1.807) is 6.07 Å². The number of nitrogens with one attached hydrogen (secondary N) is 2. The summed E-state index contributed by atoms with van der Waals surface area (Å²) in [6, 6.07) is 4.49. The Labute approximate surface area is 110 Å². The average Bonchev–Trinajstić information content (AvgIpc) is 2.81.